The predicted molar refractivity (Wildman–Crippen MR) is 122 cm³/mol. The van der Waals surface area contributed by atoms with Crippen LogP contribution < -0.4 is 10.1 Å². The third kappa shape index (κ3) is 4.23. The molecule has 0 bridgehead atoms. The van der Waals surface area contributed by atoms with Crippen LogP contribution in [0, 0.1) is 0 Å². The molecule has 4 aromatic rings. The van der Waals surface area contributed by atoms with Crippen molar-refractivity contribution in [1.29, 1.82) is 0 Å². The van der Waals surface area contributed by atoms with Crippen molar-refractivity contribution in [3.8, 4) is 11.5 Å². The molecule has 0 aliphatic rings. The summed E-state index contributed by atoms with van der Waals surface area (Å²) in [6.45, 7) is 6.28. The van der Waals surface area contributed by atoms with Crippen LogP contribution in [0.1, 0.15) is 38.3 Å². The van der Waals surface area contributed by atoms with Crippen molar-refractivity contribution in [3.05, 3.63) is 90.6 Å². The van der Waals surface area contributed by atoms with E-state index in [0.29, 0.717) is 5.92 Å². The average Bonchev–Trinajstić information content (AvgIpc) is 3.18. The molecule has 0 spiro atoms. The molecule has 30 heavy (non-hydrogen) atoms. The van der Waals surface area contributed by atoms with Crippen LogP contribution in [-0.4, -0.2) is 10.5 Å². The van der Waals surface area contributed by atoms with Gasteiger partial charge in [-0.1, -0.05) is 38.1 Å². The molecular formula is C26H26N2O2. The Balaban J connectivity index is 1.45. The van der Waals surface area contributed by atoms with Crippen molar-refractivity contribution in [2.45, 2.75) is 32.7 Å². The van der Waals surface area contributed by atoms with E-state index in [1.165, 1.54) is 5.56 Å². The molecule has 1 amide bonds. The van der Waals surface area contributed by atoms with Gasteiger partial charge in [-0.25, -0.2) is 0 Å². The lowest BCUT2D eigenvalue weighted by Crippen LogP contribution is -2.23. The topological polar surface area (TPSA) is 43.3 Å². The zero-order chi connectivity index (χ0) is 21.1. The zero-order valence-corrected chi connectivity index (χ0v) is 17.5. The fourth-order valence-corrected chi connectivity index (χ4v) is 3.48. The number of benzene rings is 3. The highest BCUT2D eigenvalue weighted by Gasteiger charge is 2.17. The van der Waals surface area contributed by atoms with E-state index in [1.807, 2.05) is 72.3 Å². The molecule has 4 heteroatoms. The number of anilines is 1. The average molecular weight is 399 g/mol. The first-order valence-corrected chi connectivity index (χ1v) is 10.3. The van der Waals surface area contributed by atoms with Crippen LogP contribution in [0.4, 0.5) is 5.69 Å². The van der Waals surface area contributed by atoms with Gasteiger partial charge in [-0.15, -0.1) is 0 Å². The first-order chi connectivity index (χ1) is 14.5. The molecule has 1 atom stereocenters. The van der Waals surface area contributed by atoms with E-state index in [1.54, 1.807) is 0 Å². The van der Waals surface area contributed by atoms with Crippen LogP contribution >= 0.6 is 0 Å². The lowest BCUT2D eigenvalue weighted by molar-refractivity contribution is -0.118. The van der Waals surface area contributed by atoms with E-state index in [2.05, 4.69) is 43.4 Å². The third-order valence-electron chi connectivity index (χ3n) is 5.31. The van der Waals surface area contributed by atoms with E-state index < -0.39 is 0 Å². The molecule has 4 rings (SSSR count). The number of fused-ring (bicyclic) bond motifs is 1. The summed E-state index contributed by atoms with van der Waals surface area (Å²) in [5.41, 5.74) is 3.11. The van der Waals surface area contributed by atoms with Crippen molar-refractivity contribution in [2.75, 3.05) is 5.32 Å². The second-order valence-electron chi connectivity index (χ2n) is 7.80. The molecule has 3 aromatic carbocycles. The maximum Gasteiger partial charge on any atom is 0.247 e. The molecule has 1 heterocycles. The highest BCUT2D eigenvalue weighted by atomic mass is 16.5. The van der Waals surface area contributed by atoms with Gasteiger partial charge in [-0.2, -0.15) is 0 Å². The minimum atomic E-state index is -0.326. The number of nitrogens with zero attached hydrogens (tertiary/aromatic N) is 1. The summed E-state index contributed by atoms with van der Waals surface area (Å²) < 4.78 is 7.82. The van der Waals surface area contributed by atoms with Gasteiger partial charge >= 0.3 is 0 Å². The Kier molecular flexibility index (Phi) is 5.57. The lowest BCUT2D eigenvalue weighted by Gasteiger charge is -2.16. The predicted octanol–water partition coefficient (Wildman–Crippen LogP) is 6.76. The molecule has 0 fully saturated rings. The maximum absolute atomic E-state index is 12.8. The number of carbonyl (C=O) groups is 1. The second kappa shape index (κ2) is 8.46. The summed E-state index contributed by atoms with van der Waals surface area (Å²) in [5.74, 6) is 1.93. The molecule has 0 radical (unpaired) electrons. The number of aromatic nitrogens is 1. The molecule has 0 saturated carbocycles. The highest BCUT2D eigenvalue weighted by Crippen LogP contribution is 2.26. The van der Waals surface area contributed by atoms with Gasteiger partial charge < -0.3 is 14.6 Å². The zero-order valence-electron chi connectivity index (χ0n) is 17.5. The molecular weight excluding hydrogens is 372 g/mol. The summed E-state index contributed by atoms with van der Waals surface area (Å²) in [7, 11) is 0. The summed E-state index contributed by atoms with van der Waals surface area (Å²) >= 11 is 0. The Morgan fingerprint density at radius 2 is 1.57 bits per heavy atom. The molecule has 1 N–H and O–H groups in total. The second-order valence-corrected chi connectivity index (χ2v) is 7.80. The monoisotopic (exact) mass is 398 g/mol. The molecule has 4 nitrogen and oxygen atoms in total. The van der Waals surface area contributed by atoms with E-state index >= 15 is 0 Å². The SMILES string of the molecule is CC(C)c1ccc2c(ccn2C(C)C(=O)Nc2ccc(Oc3ccccc3)cc2)c1. The van der Waals surface area contributed by atoms with Gasteiger partial charge in [0.2, 0.25) is 5.91 Å². The first-order valence-electron chi connectivity index (χ1n) is 10.3. The normalized spacial score (nSPS) is 12.1. The van der Waals surface area contributed by atoms with E-state index in [0.717, 1.165) is 28.1 Å². The third-order valence-corrected chi connectivity index (χ3v) is 5.31. The van der Waals surface area contributed by atoms with Crippen LogP contribution in [-0.2, 0) is 4.79 Å². The van der Waals surface area contributed by atoms with Gasteiger partial charge in [0.05, 0.1) is 0 Å². The van der Waals surface area contributed by atoms with Crippen molar-refractivity contribution in [1.82, 2.24) is 4.57 Å². The number of amides is 1. The summed E-state index contributed by atoms with van der Waals surface area (Å²) in [6, 6.07) is 25.2. The Bertz CT molecular complexity index is 1140. The van der Waals surface area contributed by atoms with Crippen LogP contribution in [0.15, 0.2) is 85.1 Å². The van der Waals surface area contributed by atoms with Gasteiger partial charge in [-0.3, -0.25) is 4.79 Å². The molecule has 0 aliphatic heterocycles. The van der Waals surface area contributed by atoms with Crippen molar-refractivity contribution < 1.29 is 9.53 Å². The number of rotatable bonds is 6. The smallest absolute Gasteiger partial charge is 0.247 e. The Labute approximate surface area is 177 Å². The minimum Gasteiger partial charge on any atom is -0.457 e. The van der Waals surface area contributed by atoms with Crippen LogP contribution in [0.25, 0.3) is 10.9 Å². The largest absolute Gasteiger partial charge is 0.457 e. The Morgan fingerprint density at radius 1 is 0.867 bits per heavy atom. The summed E-state index contributed by atoms with van der Waals surface area (Å²) in [4.78, 5) is 12.8. The van der Waals surface area contributed by atoms with Gasteiger partial charge in [-0.05, 0) is 78.4 Å². The van der Waals surface area contributed by atoms with Gasteiger partial charge in [0.15, 0.2) is 0 Å². The maximum atomic E-state index is 12.8. The van der Waals surface area contributed by atoms with Gasteiger partial charge in [0, 0.05) is 17.4 Å². The number of ether oxygens (including phenoxy) is 1. The minimum absolute atomic E-state index is 0.0582. The number of nitrogens with one attached hydrogen (secondary N) is 1. The Morgan fingerprint density at radius 3 is 2.27 bits per heavy atom. The number of para-hydroxylation sites is 1. The molecule has 0 aliphatic carbocycles. The van der Waals surface area contributed by atoms with E-state index in [-0.39, 0.29) is 11.9 Å². The fourth-order valence-electron chi connectivity index (χ4n) is 3.48. The Hall–Kier alpha value is -3.53. The van der Waals surface area contributed by atoms with Crippen LogP contribution in [0.5, 0.6) is 11.5 Å². The molecule has 1 unspecified atom stereocenters. The van der Waals surface area contributed by atoms with Gasteiger partial charge in [0.1, 0.15) is 17.5 Å². The van der Waals surface area contributed by atoms with Gasteiger partial charge in [0.25, 0.3) is 0 Å². The summed E-state index contributed by atoms with van der Waals surface area (Å²) in [6.07, 6.45) is 1.98. The molecule has 1 aromatic heterocycles. The molecule has 0 saturated heterocycles. The van der Waals surface area contributed by atoms with E-state index in [9.17, 15) is 4.79 Å². The van der Waals surface area contributed by atoms with Crippen molar-refractivity contribution in [3.63, 3.8) is 0 Å². The highest BCUT2D eigenvalue weighted by molar-refractivity contribution is 5.95. The fraction of sp³-hybridized carbons (Fsp3) is 0.192. The van der Waals surface area contributed by atoms with Crippen LogP contribution in [0.3, 0.4) is 0 Å². The number of carbonyl (C=O) groups excluding carboxylic acids is 1. The van der Waals surface area contributed by atoms with E-state index in [4.69, 9.17) is 4.74 Å². The van der Waals surface area contributed by atoms with Crippen molar-refractivity contribution >= 4 is 22.5 Å². The van der Waals surface area contributed by atoms with Crippen LogP contribution in [0.2, 0.25) is 0 Å². The van der Waals surface area contributed by atoms with Crippen molar-refractivity contribution in [2.24, 2.45) is 0 Å². The number of hydrogen-bond donors (Lipinski definition) is 1. The molecule has 152 valence electrons. The quantitative estimate of drug-likeness (QED) is 0.390. The summed E-state index contributed by atoms with van der Waals surface area (Å²) in [5, 5.41) is 4.16. The number of hydrogen-bond acceptors (Lipinski definition) is 2. The lowest BCUT2D eigenvalue weighted by atomic mass is 10.0. The first kappa shape index (κ1) is 19.8. The standard InChI is InChI=1S/C26H26N2O2/c1-18(2)20-9-14-25-21(17-20)15-16-28(25)19(3)26(29)27-22-10-12-24(13-11-22)30-23-7-5-4-6-8-23/h4-19H,1-3H3,(H,27,29).